The Morgan fingerprint density at radius 2 is 1.89 bits per heavy atom. The molecule has 0 aliphatic carbocycles. The van der Waals surface area contributed by atoms with Gasteiger partial charge >= 0.3 is 0 Å². The Labute approximate surface area is 122 Å². The van der Waals surface area contributed by atoms with Crippen LogP contribution in [0.3, 0.4) is 0 Å². The molecule has 0 spiro atoms. The molecule has 0 saturated carbocycles. The highest BCUT2D eigenvalue weighted by atomic mass is 35.5. The highest BCUT2D eigenvalue weighted by Gasteiger charge is 2.10. The lowest BCUT2D eigenvalue weighted by atomic mass is 10.0. The molecule has 18 heavy (non-hydrogen) atoms. The van der Waals surface area contributed by atoms with Gasteiger partial charge in [-0.1, -0.05) is 29.3 Å². The number of hydrogen-bond acceptors (Lipinski definition) is 2. The molecule has 0 amide bonds. The van der Waals surface area contributed by atoms with Crippen LogP contribution < -0.4 is 5.32 Å². The molecule has 1 N–H and O–H groups in total. The number of rotatable bonds is 5. The maximum atomic E-state index is 6.03. The Kier molecular flexibility index (Phi) is 5.07. The lowest BCUT2D eigenvalue weighted by Gasteiger charge is -2.16. The summed E-state index contributed by atoms with van der Waals surface area (Å²) in [5.74, 6) is 0. The highest BCUT2D eigenvalue weighted by Crippen LogP contribution is 2.23. The first-order valence-corrected chi connectivity index (χ1v) is 7.51. The summed E-state index contributed by atoms with van der Waals surface area (Å²) in [5, 5.41) is 8.89. The number of hydrogen-bond donors (Lipinski definition) is 1. The molecule has 0 radical (unpaired) electrons. The van der Waals surface area contributed by atoms with Gasteiger partial charge in [0.25, 0.3) is 0 Å². The molecule has 0 aliphatic heterocycles. The summed E-state index contributed by atoms with van der Waals surface area (Å²) < 4.78 is 0. The number of benzene rings is 1. The Morgan fingerprint density at radius 1 is 1.11 bits per heavy atom. The van der Waals surface area contributed by atoms with Crippen LogP contribution in [0, 0.1) is 0 Å². The maximum Gasteiger partial charge on any atom is 0.0595 e. The maximum absolute atomic E-state index is 6.03. The minimum Gasteiger partial charge on any atom is -0.316 e. The molecule has 2 rings (SSSR count). The van der Waals surface area contributed by atoms with Gasteiger partial charge in [0.15, 0.2) is 0 Å². The molecule has 96 valence electrons. The van der Waals surface area contributed by atoms with Crippen LogP contribution in [-0.2, 0) is 12.8 Å². The van der Waals surface area contributed by atoms with E-state index in [1.54, 1.807) is 11.3 Å². The Balaban J connectivity index is 2.03. The number of halogens is 2. The molecule has 1 aromatic carbocycles. The van der Waals surface area contributed by atoms with E-state index in [2.05, 4.69) is 22.1 Å². The lowest BCUT2D eigenvalue weighted by molar-refractivity contribution is 0.557. The van der Waals surface area contributed by atoms with Gasteiger partial charge in [-0.25, -0.2) is 0 Å². The highest BCUT2D eigenvalue weighted by molar-refractivity contribution is 7.07. The fourth-order valence-electron chi connectivity index (χ4n) is 1.92. The van der Waals surface area contributed by atoms with E-state index in [0.29, 0.717) is 16.1 Å². The molecule has 1 aromatic heterocycles. The number of likely N-dealkylation sites (N-methyl/N-ethyl adjacent to an activating group) is 1. The summed E-state index contributed by atoms with van der Waals surface area (Å²) in [6.45, 7) is 0. The van der Waals surface area contributed by atoms with Crippen molar-refractivity contribution in [3.63, 3.8) is 0 Å². The summed E-state index contributed by atoms with van der Waals surface area (Å²) in [6, 6.07) is 8.42. The van der Waals surface area contributed by atoms with Crippen LogP contribution in [0.5, 0.6) is 0 Å². The van der Waals surface area contributed by atoms with Crippen molar-refractivity contribution in [3.8, 4) is 0 Å². The number of thiophene rings is 1. The van der Waals surface area contributed by atoms with E-state index < -0.39 is 0 Å². The van der Waals surface area contributed by atoms with Crippen LogP contribution in [0.15, 0.2) is 35.0 Å². The Bertz CT molecular complexity index is 497. The van der Waals surface area contributed by atoms with Gasteiger partial charge in [0.05, 0.1) is 10.0 Å². The van der Waals surface area contributed by atoms with E-state index in [1.165, 1.54) is 11.1 Å². The van der Waals surface area contributed by atoms with Crippen LogP contribution in [0.2, 0.25) is 10.0 Å². The van der Waals surface area contributed by atoms with E-state index in [1.807, 2.05) is 25.2 Å². The minimum atomic E-state index is 0.414. The van der Waals surface area contributed by atoms with Crippen LogP contribution in [0.1, 0.15) is 11.1 Å². The SMILES string of the molecule is CNC(Cc1ccsc1)Cc1ccc(Cl)c(Cl)c1. The average molecular weight is 300 g/mol. The Morgan fingerprint density at radius 3 is 2.50 bits per heavy atom. The smallest absolute Gasteiger partial charge is 0.0595 e. The van der Waals surface area contributed by atoms with Gasteiger partial charge in [0, 0.05) is 6.04 Å². The fraction of sp³-hybridized carbons (Fsp3) is 0.286. The van der Waals surface area contributed by atoms with E-state index in [9.17, 15) is 0 Å². The van der Waals surface area contributed by atoms with Gasteiger partial charge in [-0.05, 0) is 60.0 Å². The van der Waals surface area contributed by atoms with Crippen molar-refractivity contribution in [2.24, 2.45) is 0 Å². The van der Waals surface area contributed by atoms with E-state index in [4.69, 9.17) is 23.2 Å². The van der Waals surface area contributed by atoms with Crippen LogP contribution in [-0.4, -0.2) is 13.1 Å². The summed E-state index contributed by atoms with van der Waals surface area (Å²) in [4.78, 5) is 0. The zero-order valence-electron chi connectivity index (χ0n) is 10.1. The summed E-state index contributed by atoms with van der Waals surface area (Å²) in [6.07, 6.45) is 1.98. The topological polar surface area (TPSA) is 12.0 Å². The monoisotopic (exact) mass is 299 g/mol. The molecule has 0 bridgehead atoms. The average Bonchev–Trinajstić information content (AvgIpc) is 2.86. The van der Waals surface area contributed by atoms with Crippen LogP contribution >= 0.6 is 34.5 Å². The molecule has 1 heterocycles. The first-order valence-electron chi connectivity index (χ1n) is 5.81. The van der Waals surface area contributed by atoms with Crippen molar-refractivity contribution in [1.82, 2.24) is 5.32 Å². The van der Waals surface area contributed by atoms with Crippen molar-refractivity contribution in [2.45, 2.75) is 18.9 Å². The number of nitrogens with one attached hydrogen (secondary N) is 1. The van der Waals surface area contributed by atoms with E-state index in [0.717, 1.165) is 12.8 Å². The van der Waals surface area contributed by atoms with Gasteiger partial charge in [0.1, 0.15) is 0 Å². The fourth-order valence-corrected chi connectivity index (χ4v) is 2.92. The molecule has 1 unspecified atom stereocenters. The van der Waals surface area contributed by atoms with Gasteiger partial charge in [0.2, 0.25) is 0 Å². The minimum absolute atomic E-state index is 0.414. The predicted octanol–water partition coefficient (Wildman–Crippen LogP) is 4.43. The predicted molar refractivity (Wildman–Crippen MR) is 81.0 cm³/mol. The van der Waals surface area contributed by atoms with Crippen LogP contribution in [0.4, 0.5) is 0 Å². The second-order valence-corrected chi connectivity index (χ2v) is 5.87. The Hall–Kier alpha value is -0.540. The van der Waals surface area contributed by atoms with Gasteiger partial charge < -0.3 is 5.32 Å². The lowest BCUT2D eigenvalue weighted by Crippen LogP contribution is -2.29. The molecule has 4 heteroatoms. The summed E-state index contributed by atoms with van der Waals surface area (Å²) in [5.41, 5.74) is 2.58. The molecule has 1 nitrogen and oxygen atoms in total. The van der Waals surface area contributed by atoms with Gasteiger partial charge in [-0.3, -0.25) is 0 Å². The zero-order chi connectivity index (χ0) is 13.0. The third-order valence-corrected chi connectivity index (χ3v) is 4.41. The standard InChI is InChI=1S/C14H15Cl2NS/c1-17-12(7-11-4-5-18-9-11)6-10-2-3-13(15)14(16)8-10/h2-5,8-9,12,17H,6-7H2,1H3. The first kappa shape index (κ1) is 13.9. The second kappa shape index (κ2) is 6.58. The quantitative estimate of drug-likeness (QED) is 0.861. The summed E-state index contributed by atoms with van der Waals surface area (Å²) in [7, 11) is 1.99. The van der Waals surface area contributed by atoms with Crippen LogP contribution in [0.25, 0.3) is 0 Å². The second-order valence-electron chi connectivity index (χ2n) is 4.27. The van der Waals surface area contributed by atoms with E-state index >= 15 is 0 Å². The molecule has 1 atom stereocenters. The molecule has 2 aromatic rings. The third kappa shape index (κ3) is 3.72. The molecule has 0 saturated heterocycles. The van der Waals surface area contributed by atoms with Crippen molar-refractivity contribution in [3.05, 3.63) is 56.2 Å². The molecule has 0 aliphatic rings. The molecular weight excluding hydrogens is 285 g/mol. The van der Waals surface area contributed by atoms with Crippen molar-refractivity contribution >= 4 is 34.5 Å². The van der Waals surface area contributed by atoms with Crippen molar-refractivity contribution in [2.75, 3.05) is 7.05 Å². The van der Waals surface area contributed by atoms with Gasteiger partial charge in [-0.2, -0.15) is 11.3 Å². The first-order chi connectivity index (χ1) is 8.69. The van der Waals surface area contributed by atoms with Crippen molar-refractivity contribution in [1.29, 1.82) is 0 Å². The molecular formula is C14H15Cl2NS. The normalized spacial score (nSPS) is 12.6. The molecule has 0 fully saturated rings. The zero-order valence-corrected chi connectivity index (χ0v) is 12.4. The third-order valence-electron chi connectivity index (χ3n) is 2.94. The van der Waals surface area contributed by atoms with Crippen molar-refractivity contribution < 1.29 is 0 Å². The van der Waals surface area contributed by atoms with Gasteiger partial charge in [-0.15, -0.1) is 0 Å². The largest absolute Gasteiger partial charge is 0.316 e. The summed E-state index contributed by atoms with van der Waals surface area (Å²) >= 11 is 13.7. The van der Waals surface area contributed by atoms with E-state index in [-0.39, 0.29) is 0 Å².